The molecule has 20 heavy (non-hydrogen) atoms. The second kappa shape index (κ2) is 6.02. The maximum atomic E-state index is 12.9. The second-order valence-electron chi connectivity index (χ2n) is 3.49. The zero-order valence-electron chi connectivity index (χ0n) is 10.4. The zero-order chi connectivity index (χ0) is 15.5. The number of halogens is 5. The van der Waals surface area contributed by atoms with Crippen LogP contribution in [-0.4, -0.2) is 24.7 Å². The Morgan fingerprint density at radius 2 is 2.00 bits per heavy atom. The summed E-state index contributed by atoms with van der Waals surface area (Å²) < 4.78 is 72.5. The van der Waals surface area contributed by atoms with Gasteiger partial charge in [0.25, 0.3) is 6.43 Å². The lowest BCUT2D eigenvalue weighted by Gasteiger charge is -2.15. The normalized spacial score (nSPS) is 11.6. The number of esters is 1. The fourth-order valence-corrected chi connectivity index (χ4v) is 1.41. The molecule has 0 radical (unpaired) electrons. The Labute approximate surface area is 110 Å². The number of rotatable bonds is 4. The molecule has 1 rings (SSSR count). The van der Waals surface area contributed by atoms with E-state index >= 15 is 0 Å². The zero-order valence-corrected chi connectivity index (χ0v) is 10.4. The molecular weight excluding hydrogens is 289 g/mol. The highest BCUT2D eigenvalue weighted by Gasteiger charge is 2.37. The van der Waals surface area contributed by atoms with Gasteiger partial charge >= 0.3 is 12.1 Å². The van der Waals surface area contributed by atoms with Crippen LogP contribution in [-0.2, 0) is 10.9 Å². The van der Waals surface area contributed by atoms with E-state index < -0.39 is 41.3 Å². The van der Waals surface area contributed by atoms with E-state index in [0.717, 1.165) is 7.11 Å². The van der Waals surface area contributed by atoms with E-state index in [1.807, 2.05) is 0 Å². The van der Waals surface area contributed by atoms with Crippen LogP contribution in [0.15, 0.2) is 6.07 Å². The molecule has 0 saturated carbocycles. The number of nitrogens with zero attached hydrogens (tertiary/aromatic N) is 1. The molecule has 0 N–H and O–H groups in total. The number of hydrogen-bond donors (Lipinski definition) is 0. The van der Waals surface area contributed by atoms with Gasteiger partial charge in [0.1, 0.15) is 11.4 Å². The van der Waals surface area contributed by atoms with Gasteiger partial charge in [0.2, 0.25) is 0 Å². The topological polar surface area (TPSA) is 48.4 Å². The molecule has 1 aromatic heterocycles. The minimum absolute atomic E-state index is 0.193. The third-order valence-electron chi connectivity index (χ3n) is 2.22. The van der Waals surface area contributed by atoms with Gasteiger partial charge in [-0.05, 0) is 6.92 Å². The fraction of sp³-hybridized carbons (Fsp3) is 0.455. The van der Waals surface area contributed by atoms with E-state index in [1.165, 1.54) is 6.92 Å². The molecule has 0 saturated heterocycles. The van der Waals surface area contributed by atoms with E-state index in [-0.39, 0.29) is 6.61 Å². The average molecular weight is 299 g/mol. The first-order valence-corrected chi connectivity index (χ1v) is 5.33. The van der Waals surface area contributed by atoms with Crippen molar-refractivity contribution in [3.63, 3.8) is 0 Å². The van der Waals surface area contributed by atoms with Gasteiger partial charge in [-0.25, -0.2) is 18.6 Å². The molecule has 0 aliphatic carbocycles. The lowest BCUT2D eigenvalue weighted by atomic mass is 10.1. The van der Waals surface area contributed by atoms with Gasteiger partial charge in [-0.3, -0.25) is 0 Å². The molecule has 0 bridgehead atoms. The SMILES string of the molecule is CCOC(=O)c1nc(C(F)(F)F)cc(OC)c1C(F)F. The summed E-state index contributed by atoms with van der Waals surface area (Å²) in [5.41, 5.74) is -3.64. The molecule has 1 aromatic rings. The van der Waals surface area contributed by atoms with Crippen LogP contribution in [0.1, 0.15) is 35.1 Å². The molecule has 0 atom stereocenters. The Balaban J connectivity index is 3.54. The number of alkyl halides is 5. The number of methoxy groups -OCH3 is 1. The summed E-state index contributed by atoms with van der Waals surface area (Å²) in [6.07, 6.45) is -8.14. The molecule has 4 nitrogen and oxygen atoms in total. The lowest BCUT2D eigenvalue weighted by molar-refractivity contribution is -0.141. The van der Waals surface area contributed by atoms with Crippen molar-refractivity contribution in [2.24, 2.45) is 0 Å². The van der Waals surface area contributed by atoms with Crippen molar-refractivity contribution in [3.8, 4) is 5.75 Å². The maximum Gasteiger partial charge on any atom is 0.433 e. The molecule has 1 heterocycles. The monoisotopic (exact) mass is 299 g/mol. The Morgan fingerprint density at radius 3 is 2.40 bits per heavy atom. The summed E-state index contributed by atoms with van der Waals surface area (Å²) in [6, 6.07) is 0.310. The minimum atomic E-state index is -4.91. The van der Waals surface area contributed by atoms with Gasteiger partial charge in [-0.2, -0.15) is 13.2 Å². The van der Waals surface area contributed by atoms with Crippen LogP contribution in [0, 0.1) is 0 Å². The van der Waals surface area contributed by atoms with Crippen molar-refractivity contribution < 1.29 is 36.2 Å². The Bertz CT molecular complexity index is 502. The molecule has 0 amide bonds. The predicted octanol–water partition coefficient (Wildman–Crippen LogP) is 3.22. The Kier molecular flexibility index (Phi) is 4.85. The summed E-state index contributed by atoms with van der Waals surface area (Å²) in [5.74, 6) is -2.14. The molecular formula is C11H10F5NO3. The standard InChI is InChI=1S/C11H10F5NO3/c1-3-20-10(18)8-7(9(12)13)5(19-2)4-6(17-8)11(14,15)16/h4,9H,3H2,1-2H3. The molecule has 0 aliphatic rings. The van der Waals surface area contributed by atoms with Gasteiger partial charge in [0, 0.05) is 6.07 Å². The van der Waals surface area contributed by atoms with Crippen LogP contribution < -0.4 is 4.74 Å². The van der Waals surface area contributed by atoms with Crippen molar-refractivity contribution in [2.75, 3.05) is 13.7 Å². The molecule has 0 aliphatic heterocycles. The van der Waals surface area contributed by atoms with E-state index in [0.29, 0.717) is 6.07 Å². The molecule has 112 valence electrons. The van der Waals surface area contributed by atoms with Gasteiger partial charge in [0.05, 0.1) is 19.3 Å². The van der Waals surface area contributed by atoms with E-state index in [1.54, 1.807) is 0 Å². The number of aromatic nitrogens is 1. The minimum Gasteiger partial charge on any atom is -0.496 e. The first-order valence-electron chi connectivity index (χ1n) is 5.33. The molecule has 0 unspecified atom stereocenters. The Morgan fingerprint density at radius 1 is 1.40 bits per heavy atom. The largest absolute Gasteiger partial charge is 0.496 e. The van der Waals surface area contributed by atoms with E-state index in [4.69, 9.17) is 0 Å². The molecule has 0 spiro atoms. The van der Waals surface area contributed by atoms with Crippen LogP contribution in [0.4, 0.5) is 22.0 Å². The lowest BCUT2D eigenvalue weighted by Crippen LogP contribution is -2.17. The second-order valence-corrected chi connectivity index (χ2v) is 3.49. The van der Waals surface area contributed by atoms with Crippen molar-refractivity contribution in [2.45, 2.75) is 19.5 Å². The third-order valence-corrected chi connectivity index (χ3v) is 2.22. The summed E-state index contributed by atoms with van der Waals surface area (Å²) in [5, 5.41) is 0. The summed E-state index contributed by atoms with van der Waals surface area (Å²) in [4.78, 5) is 14.4. The molecule has 0 aromatic carbocycles. The highest BCUT2D eigenvalue weighted by Crippen LogP contribution is 2.37. The Hall–Kier alpha value is -1.93. The molecule has 0 fully saturated rings. The van der Waals surface area contributed by atoms with Crippen LogP contribution in [0.2, 0.25) is 0 Å². The van der Waals surface area contributed by atoms with Crippen molar-refractivity contribution >= 4 is 5.97 Å². The van der Waals surface area contributed by atoms with Crippen LogP contribution in [0.3, 0.4) is 0 Å². The molecule has 9 heteroatoms. The van der Waals surface area contributed by atoms with Crippen LogP contribution in [0.25, 0.3) is 0 Å². The van der Waals surface area contributed by atoms with Crippen molar-refractivity contribution in [1.82, 2.24) is 4.98 Å². The highest BCUT2D eigenvalue weighted by atomic mass is 19.4. The summed E-state index contributed by atoms with van der Waals surface area (Å²) in [7, 11) is 0.913. The first-order chi connectivity index (χ1) is 9.22. The summed E-state index contributed by atoms with van der Waals surface area (Å²) >= 11 is 0. The predicted molar refractivity (Wildman–Crippen MR) is 56.7 cm³/mol. The van der Waals surface area contributed by atoms with Crippen LogP contribution in [0.5, 0.6) is 5.75 Å². The number of ether oxygens (including phenoxy) is 2. The van der Waals surface area contributed by atoms with Crippen LogP contribution >= 0.6 is 0 Å². The van der Waals surface area contributed by atoms with Crippen molar-refractivity contribution in [1.29, 1.82) is 0 Å². The van der Waals surface area contributed by atoms with Gasteiger partial charge in [0.15, 0.2) is 5.69 Å². The number of carbonyl (C=O) groups is 1. The third kappa shape index (κ3) is 3.34. The highest BCUT2D eigenvalue weighted by molar-refractivity contribution is 5.90. The van der Waals surface area contributed by atoms with E-state index in [9.17, 15) is 26.7 Å². The number of hydrogen-bond acceptors (Lipinski definition) is 4. The average Bonchev–Trinajstić information content (AvgIpc) is 2.36. The maximum absolute atomic E-state index is 12.9. The van der Waals surface area contributed by atoms with Gasteiger partial charge < -0.3 is 9.47 Å². The van der Waals surface area contributed by atoms with Gasteiger partial charge in [-0.1, -0.05) is 0 Å². The van der Waals surface area contributed by atoms with Crippen molar-refractivity contribution in [3.05, 3.63) is 23.0 Å². The fourth-order valence-electron chi connectivity index (χ4n) is 1.41. The quantitative estimate of drug-likeness (QED) is 0.632. The smallest absolute Gasteiger partial charge is 0.433 e. The van der Waals surface area contributed by atoms with Gasteiger partial charge in [-0.15, -0.1) is 0 Å². The number of carbonyl (C=O) groups excluding carboxylic acids is 1. The summed E-state index contributed by atoms with van der Waals surface area (Å²) in [6.45, 7) is 1.19. The number of pyridine rings is 1. The van der Waals surface area contributed by atoms with E-state index in [2.05, 4.69) is 14.5 Å². The first kappa shape index (κ1) is 16.1.